The number of aromatic hydroxyl groups is 1. The van der Waals surface area contributed by atoms with Crippen molar-refractivity contribution in [2.24, 2.45) is 0 Å². The lowest BCUT2D eigenvalue weighted by molar-refractivity contribution is -0.117. The first-order chi connectivity index (χ1) is 23.5. The standard InChI is InChI=1S/C37H38F2N6O4/c1-4-25-28(38)9-8-22-16-24(46)17-26(30(22)25)32-31(39)33-27(19-40-32)34(44-15-12-36(3,48)18-23(20-44)41-29(47)5-2)43-35(42-33)49-21-37-10-6-13-45(37)14-7-11-37/h1,5,8-9,16-17,19,23,46,48H,2,6-7,10-15,18,20-21H2,3H3,(H,41,47)/t23-,36-/m1/s1. The molecule has 3 N–H and O–H groups in total. The first-order valence-electron chi connectivity index (χ1n) is 16.6. The number of ether oxygens (including phenoxy) is 1. The van der Waals surface area contributed by atoms with Gasteiger partial charge >= 0.3 is 6.01 Å². The Labute approximate surface area is 282 Å². The summed E-state index contributed by atoms with van der Waals surface area (Å²) in [4.78, 5) is 30.5. The van der Waals surface area contributed by atoms with Crippen molar-refractivity contribution < 1.29 is 28.5 Å². The average Bonchev–Trinajstić information content (AvgIpc) is 3.61. The maximum Gasteiger partial charge on any atom is 0.319 e. The zero-order valence-corrected chi connectivity index (χ0v) is 27.3. The van der Waals surface area contributed by atoms with Gasteiger partial charge in [-0.05, 0) is 88.2 Å². The van der Waals surface area contributed by atoms with Gasteiger partial charge in [-0.2, -0.15) is 9.97 Å². The molecule has 2 atom stereocenters. The van der Waals surface area contributed by atoms with Crippen LogP contribution in [-0.4, -0.2) is 85.9 Å². The average molecular weight is 669 g/mol. The van der Waals surface area contributed by atoms with E-state index in [1.807, 2.05) is 4.90 Å². The van der Waals surface area contributed by atoms with E-state index in [1.165, 1.54) is 36.5 Å². The van der Waals surface area contributed by atoms with Crippen LogP contribution in [-0.2, 0) is 4.79 Å². The lowest BCUT2D eigenvalue weighted by atomic mass is 9.95. The third kappa shape index (κ3) is 6.02. The van der Waals surface area contributed by atoms with Crippen LogP contribution in [0.25, 0.3) is 32.9 Å². The molecule has 3 saturated heterocycles. The summed E-state index contributed by atoms with van der Waals surface area (Å²) in [5.74, 6) is 0.648. The van der Waals surface area contributed by atoms with Crippen molar-refractivity contribution in [1.29, 1.82) is 0 Å². The molecule has 10 nitrogen and oxygen atoms in total. The minimum atomic E-state index is -1.10. The number of aromatic nitrogens is 3. The highest BCUT2D eigenvalue weighted by Crippen LogP contribution is 2.41. The molecule has 0 radical (unpaired) electrons. The summed E-state index contributed by atoms with van der Waals surface area (Å²) in [6, 6.07) is 4.89. The second-order valence-electron chi connectivity index (χ2n) is 13.7. The van der Waals surface area contributed by atoms with Gasteiger partial charge in [-0.15, -0.1) is 6.42 Å². The fourth-order valence-corrected chi connectivity index (χ4v) is 7.91. The maximum atomic E-state index is 17.0. The smallest absolute Gasteiger partial charge is 0.319 e. The summed E-state index contributed by atoms with van der Waals surface area (Å²) in [6.45, 7) is 8.19. The molecule has 254 valence electrons. The number of phenols is 1. The molecule has 3 aliphatic heterocycles. The van der Waals surface area contributed by atoms with E-state index in [-0.39, 0.29) is 69.3 Å². The number of benzene rings is 2. The van der Waals surface area contributed by atoms with Crippen LogP contribution in [0.3, 0.4) is 0 Å². The van der Waals surface area contributed by atoms with Gasteiger partial charge in [0.2, 0.25) is 5.91 Å². The number of anilines is 1. The first kappa shape index (κ1) is 32.7. The quantitative estimate of drug-likeness (QED) is 0.188. The lowest BCUT2D eigenvalue weighted by Gasteiger charge is -2.31. The minimum absolute atomic E-state index is 0.0227. The van der Waals surface area contributed by atoms with Crippen molar-refractivity contribution in [3.8, 4) is 35.4 Å². The lowest BCUT2D eigenvalue weighted by Crippen LogP contribution is -2.44. The van der Waals surface area contributed by atoms with Gasteiger partial charge in [-0.25, -0.2) is 8.78 Å². The van der Waals surface area contributed by atoms with Crippen molar-refractivity contribution in [2.75, 3.05) is 37.7 Å². The molecular formula is C37H38F2N6O4. The molecule has 2 aromatic carbocycles. The highest BCUT2D eigenvalue weighted by molar-refractivity contribution is 6.03. The van der Waals surface area contributed by atoms with Crippen molar-refractivity contribution >= 4 is 33.4 Å². The van der Waals surface area contributed by atoms with E-state index >= 15 is 4.39 Å². The number of pyridine rings is 1. The van der Waals surface area contributed by atoms with Crippen molar-refractivity contribution in [1.82, 2.24) is 25.2 Å². The number of hydrogen-bond donors (Lipinski definition) is 3. The molecule has 4 aromatic rings. The Morgan fingerprint density at radius 2 is 1.98 bits per heavy atom. The molecule has 12 heteroatoms. The van der Waals surface area contributed by atoms with Crippen LogP contribution in [0.2, 0.25) is 0 Å². The fraction of sp³-hybridized carbons (Fsp3) is 0.405. The van der Waals surface area contributed by atoms with Crippen molar-refractivity contribution in [3.63, 3.8) is 0 Å². The Hall–Kier alpha value is -4.86. The molecule has 0 aliphatic carbocycles. The zero-order chi connectivity index (χ0) is 34.5. The van der Waals surface area contributed by atoms with Crippen molar-refractivity contribution in [2.45, 2.75) is 62.6 Å². The number of fused-ring (bicyclic) bond motifs is 3. The van der Waals surface area contributed by atoms with Gasteiger partial charge in [-0.1, -0.05) is 18.6 Å². The summed E-state index contributed by atoms with van der Waals surface area (Å²) in [5, 5.41) is 25.5. The molecule has 7 rings (SSSR count). The number of carbonyl (C=O) groups is 1. The number of terminal acetylenes is 1. The number of amides is 1. The normalized spacial score (nSPS) is 22.1. The minimum Gasteiger partial charge on any atom is -0.508 e. The van der Waals surface area contributed by atoms with E-state index in [1.54, 1.807) is 6.92 Å². The van der Waals surface area contributed by atoms with Crippen LogP contribution in [0.4, 0.5) is 14.6 Å². The van der Waals surface area contributed by atoms with E-state index in [0.29, 0.717) is 30.8 Å². The van der Waals surface area contributed by atoms with E-state index in [0.717, 1.165) is 38.8 Å². The highest BCUT2D eigenvalue weighted by atomic mass is 19.1. The van der Waals surface area contributed by atoms with Gasteiger partial charge < -0.3 is 25.2 Å². The molecule has 0 spiro atoms. The van der Waals surface area contributed by atoms with Gasteiger partial charge in [0.1, 0.15) is 35.2 Å². The molecule has 1 amide bonds. The second kappa shape index (κ2) is 12.5. The van der Waals surface area contributed by atoms with Gasteiger partial charge in [0, 0.05) is 36.3 Å². The second-order valence-corrected chi connectivity index (χ2v) is 13.7. The summed E-state index contributed by atoms with van der Waals surface area (Å²) < 4.78 is 38.2. The van der Waals surface area contributed by atoms with E-state index in [4.69, 9.17) is 16.1 Å². The molecule has 49 heavy (non-hydrogen) atoms. The first-order valence-corrected chi connectivity index (χ1v) is 16.6. The highest BCUT2D eigenvalue weighted by Gasteiger charge is 2.45. The Kier molecular flexibility index (Phi) is 8.37. The topological polar surface area (TPSA) is 124 Å². The Morgan fingerprint density at radius 1 is 1.20 bits per heavy atom. The third-order valence-corrected chi connectivity index (χ3v) is 10.3. The number of rotatable bonds is 7. The fourth-order valence-electron chi connectivity index (χ4n) is 7.91. The summed E-state index contributed by atoms with van der Waals surface area (Å²) in [5.41, 5.74) is -1.47. The van der Waals surface area contributed by atoms with Crippen LogP contribution in [0, 0.1) is 24.0 Å². The van der Waals surface area contributed by atoms with Crippen LogP contribution >= 0.6 is 0 Å². The molecule has 5 heterocycles. The predicted octanol–water partition coefficient (Wildman–Crippen LogP) is 4.84. The van der Waals surface area contributed by atoms with Crippen molar-refractivity contribution in [3.05, 3.63) is 60.3 Å². The van der Waals surface area contributed by atoms with Gasteiger partial charge in [0.15, 0.2) is 5.82 Å². The molecule has 3 aliphatic rings. The number of aliphatic hydroxyl groups is 1. The Bertz CT molecular complexity index is 2020. The van der Waals surface area contributed by atoms with E-state index in [9.17, 15) is 19.4 Å². The number of nitrogens with zero attached hydrogens (tertiary/aromatic N) is 5. The number of hydrogen-bond acceptors (Lipinski definition) is 9. The van der Waals surface area contributed by atoms with Gasteiger partial charge in [0.05, 0.1) is 22.1 Å². The maximum absolute atomic E-state index is 17.0. The number of nitrogens with one attached hydrogen (secondary N) is 1. The molecular weight excluding hydrogens is 630 g/mol. The van der Waals surface area contributed by atoms with Crippen LogP contribution in [0.5, 0.6) is 11.8 Å². The Balaban J connectivity index is 1.38. The van der Waals surface area contributed by atoms with E-state index in [2.05, 4.69) is 32.7 Å². The largest absolute Gasteiger partial charge is 0.508 e. The monoisotopic (exact) mass is 668 g/mol. The van der Waals surface area contributed by atoms with E-state index < -0.39 is 23.3 Å². The number of carbonyl (C=O) groups excluding carboxylic acids is 1. The van der Waals surface area contributed by atoms with Gasteiger partial charge in [-0.3, -0.25) is 14.7 Å². The summed E-state index contributed by atoms with van der Waals surface area (Å²) in [6.07, 6.45) is 13.0. The number of phenolic OH excluding ortho intramolecular Hbond substituents is 1. The summed E-state index contributed by atoms with van der Waals surface area (Å²) in [7, 11) is 0. The SMILES string of the molecule is C#Cc1c(F)ccc2cc(O)cc(-c3ncc4c(N5CC[C@@](C)(O)C[C@@H](NC(=O)C=C)C5)nc(OCC56CCCN5CCC6)nc4c3F)c12. The zero-order valence-electron chi connectivity index (χ0n) is 27.3. The van der Waals surface area contributed by atoms with Crippen LogP contribution in [0.15, 0.2) is 43.1 Å². The molecule has 2 aromatic heterocycles. The van der Waals surface area contributed by atoms with Crippen LogP contribution < -0.4 is 15.0 Å². The molecule has 0 unspecified atom stereocenters. The molecule has 0 saturated carbocycles. The third-order valence-electron chi connectivity index (χ3n) is 10.3. The van der Waals surface area contributed by atoms with Gasteiger partial charge in [0.25, 0.3) is 0 Å². The molecule has 3 fully saturated rings. The number of halogens is 2. The Morgan fingerprint density at radius 3 is 2.71 bits per heavy atom. The predicted molar refractivity (Wildman–Crippen MR) is 182 cm³/mol. The molecule has 0 bridgehead atoms. The summed E-state index contributed by atoms with van der Waals surface area (Å²) >= 11 is 0. The van der Waals surface area contributed by atoms with Crippen LogP contribution in [0.1, 0.15) is 51.0 Å².